The van der Waals surface area contributed by atoms with Crippen LogP contribution >= 0.6 is 136 Å². The Morgan fingerprint density at radius 1 is 0.750 bits per heavy atom. The number of esters is 2. The zero-order valence-corrected chi connectivity index (χ0v) is 30.1. The van der Waals surface area contributed by atoms with Gasteiger partial charge in [0.15, 0.2) is 0 Å². The minimum Gasteiger partial charge on any atom is -0.456 e. The summed E-state index contributed by atoms with van der Waals surface area (Å²) in [5.41, 5.74) is 1.20. The van der Waals surface area contributed by atoms with E-state index in [-0.39, 0.29) is 11.9 Å². The van der Waals surface area contributed by atoms with Crippen molar-refractivity contribution in [3.63, 3.8) is 0 Å². The second-order valence-electron chi connectivity index (χ2n) is 7.08. The maximum atomic E-state index is 12.6. The third-order valence-electron chi connectivity index (χ3n) is 4.55. The Kier molecular flexibility index (Phi) is 13.5. The SMILES string of the molecule is CC(C)[NH+](CCOC(=O)c1cc(I)cc(I)c1I)CCOC(=O)c1cc(I)cc(I)c1I. The molecule has 1 N–H and O–H groups in total. The lowest BCUT2D eigenvalue weighted by atomic mass is 10.2. The molecule has 0 unspecified atom stereocenters. The number of rotatable bonds is 9. The van der Waals surface area contributed by atoms with Gasteiger partial charge in [-0.25, -0.2) is 9.59 Å². The highest BCUT2D eigenvalue weighted by Crippen LogP contribution is 2.24. The highest BCUT2D eigenvalue weighted by atomic mass is 127. The second kappa shape index (κ2) is 14.5. The van der Waals surface area contributed by atoms with Crippen molar-refractivity contribution in [2.45, 2.75) is 19.9 Å². The summed E-state index contributed by atoms with van der Waals surface area (Å²) in [5, 5.41) is 0. The predicted molar refractivity (Wildman–Crippen MR) is 176 cm³/mol. The molecule has 2 rings (SSSR count). The molecule has 0 radical (unpaired) electrons. The summed E-state index contributed by atoms with van der Waals surface area (Å²) in [4.78, 5) is 26.3. The molecule has 0 saturated carbocycles. The molecule has 0 aliphatic heterocycles. The number of halogens is 6. The highest BCUT2D eigenvalue weighted by Gasteiger charge is 2.20. The van der Waals surface area contributed by atoms with Crippen molar-refractivity contribution in [3.05, 3.63) is 56.8 Å². The molecule has 174 valence electrons. The normalized spacial score (nSPS) is 11.2. The molecule has 5 nitrogen and oxygen atoms in total. The maximum Gasteiger partial charge on any atom is 0.339 e. The monoisotopic (exact) mass is 1110 g/mol. The van der Waals surface area contributed by atoms with Crippen molar-refractivity contribution in [1.82, 2.24) is 0 Å². The summed E-state index contributed by atoms with van der Waals surface area (Å²) in [6.45, 7) is 6.13. The van der Waals surface area contributed by atoms with Gasteiger partial charge in [-0.3, -0.25) is 0 Å². The molecule has 0 aromatic heterocycles. The van der Waals surface area contributed by atoms with Crippen LogP contribution in [0.1, 0.15) is 34.6 Å². The molecule has 0 aliphatic carbocycles. The zero-order chi connectivity index (χ0) is 24.0. The van der Waals surface area contributed by atoms with E-state index < -0.39 is 0 Å². The largest absolute Gasteiger partial charge is 0.456 e. The smallest absolute Gasteiger partial charge is 0.339 e. The van der Waals surface area contributed by atoms with Gasteiger partial charge >= 0.3 is 11.9 Å². The van der Waals surface area contributed by atoms with Crippen molar-refractivity contribution < 1.29 is 24.0 Å². The fourth-order valence-electron chi connectivity index (χ4n) is 2.82. The molecule has 32 heavy (non-hydrogen) atoms. The highest BCUT2D eigenvalue weighted by molar-refractivity contribution is 14.1. The molecule has 0 aliphatic rings. The van der Waals surface area contributed by atoms with Crippen molar-refractivity contribution in [3.8, 4) is 0 Å². The van der Waals surface area contributed by atoms with Gasteiger partial charge in [-0.05, 0) is 174 Å². The lowest BCUT2D eigenvalue weighted by Crippen LogP contribution is -3.16. The standard InChI is InChI=1S/C21H19I6NO4/c1-11(2)28(3-5-31-20(29)14-7-12(22)9-16(24)18(14)26)4-6-32-21(30)15-8-13(23)10-17(25)19(15)27/h7-11H,3-6H2,1-2H3/p+1. The van der Waals surface area contributed by atoms with Gasteiger partial charge in [-0.1, -0.05) is 0 Å². The van der Waals surface area contributed by atoms with E-state index in [9.17, 15) is 9.59 Å². The van der Waals surface area contributed by atoms with Crippen molar-refractivity contribution in [2.75, 3.05) is 26.3 Å². The Bertz CT molecular complexity index is 923. The number of hydrogen-bond acceptors (Lipinski definition) is 4. The van der Waals surface area contributed by atoms with E-state index in [1.807, 2.05) is 24.3 Å². The van der Waals surface area contributed by atoms with Crippen LogP contribution in [0.3, 0.4) is 0 Å². The number of carbonyl (C=O) groups excluding carboxylic acids is 2. The number of quaternary nitrogens is 1. The summed E-state index contributed by atoms with van der Waals surface area (Å²) in [6.07, 6.45) is 0. The van der Waals surface area contributed by atoms with Gasteiger partial charge in [-0.15, -0.1) is 0 Å². The Morgan fingerprint density at radius 3 is 1.47 bits per heavy atom. The minimum absolute atomic E-state index is 0.303. The van der Waals surface area contributed by atoms with Gasteiger partial charge in [0.05, 0.1) is 17.2 Å². The Labute approximate surface area is 270 Å². The predicted octanol–water partition coefficient (Wildman–Crippen LogP) is 5.62. The molecule has 0 bridgehead atoms. The van der Waals surface area contributed by atoms with Gasteiger partial charge in [0.25, 0.3) is 0 Å². The van der Waals surface area contributed by atoms with Gasteiger partial charge in [0.2, 0.25) is 0 Å². The molecule has 0 atom stereocenters. The summed E-state index contributed by atoms with van der Waals surface area (Å²) in [6, 6.07) is 8.08. The number of benzene rings is 2. The van der Waals surface area contributed by atoms with Crippen LogP contribution in [0.4, 0.5) is 0 Å². The van der Waals surface area contributed by atoms with Crippen LogP contribution in [0, 0.1) is 21.4 Å². The quantitative estimate of drug-likeness (QED) is 0.202. The molecular weight excluding hydrogens is 1090 g/mol. The van der Waals surface area contributed by atoms with Crippen LogP contribution in [0.15, 0.2) is 24.3 Å². The number of nitrogens with one attached hydrogen (secondary N) is 1. The molecule has 0 spiro atoms. The van der Waals surface area contributed by atoms with Gasteiger partial charge in [0.1, 0.15) is 26.3 Å². The average molecular weight is 1110 g/mol. The molecule has 2 aromatic rings. The summed E-state index contributed by atoms with van der Waals surface area (Å²) < 4.78 is 17.0. The first-order valence-corrected chi connectivity index (χ1v) is 16.0. The van der Waals surface area contributed by atoms with Crippen molar-refractivity contribution >= 4 is 147 Å². The van der Waals surface area contributed by atoms with Crippen LogP contribution in [-0.2, 0) is 9.47 Å². The first kappa shape index (κ1) is 29.9. The zero-order valence-electron chi connectivity index (χ0n) is 17.1. The fourth-order valence-corrected chi connectivity index (χ4v) is 7.57. The molecule has 0 saturated heterocycles. The molecule has 11 heteroatoms. The molecular formula is C21H20I6NO4+. The van der Waals surface area contributed by atoms with Crippen molar-refractivity contribution in [1.29, 1.82) is 0 Å². The average Bonchev–Trinajstić information content (AvgIpc) is 2.71. The third-order valence-corrected chi connectivity index (χ3v) is 11.9. The fraction of sp³-hybridized carbons (Fsp3) is 0.333. The lowest BCUT2D eigenvalue weighted by molar-refractivity contribution is -0.921. The number of carbonyl (C=O) groups is 2. The molecule has 2 aromatic carbocycles. The Balaban J connectivity index is 1.88. The van der Waals surface area contributed by atoms with Crippen LogP contribution < -0.4 is 4.90 Å². The molecule has 0 heterocycles. The van der Waals surface area contributed by atoms with E-state index in [0.29, 0.717) is 43.5 Å². The minimum atomic E-state index is -0.303. The number of hydrogen-bond donors (Lipinski definition) is 1. The maximum absolute atomic E-state index is 12.6. The van der Waals surface area contributed by atoms with Crippen LogP contribution in [0.5, 0.6) is 0 Å². The molecule has 0 amide bonds. The number of ether oxygens (including phenoxy) is 2. The van der Waals surface area contributed by atoms with Gasteiger partial charge in [-0.2, -0.15) is 0 Å². The van der Waals surface area contributed by atoms with E-state index in [1.165, 1.54) is 4.90 Å². The van der Waals surface area contributed by atoms with Crippen LogP contribution in [0.25, 0.3) is 0 Å². The Morgan fingerprint density at radius 2 is 1.12 bits per heavy atom. The summed E-state index contributed by atoms with van der Waals surface area (Å²) in [7, 11) is 0. The second-order valence-corrected chi connectivity index (χ2v) is 14.1. The van der Waals surface area contributed by atoms with Crippen molar-refractivity contribution in [2.24, 2.45) is 0 Å². The van der Waals surface area contributed by atoms with Crippen LogP contribution in [-0.4, -0.2) is 44.3 Å². The van der Waals surface area contributed by atoms with E-state index in [2.05, 4.69) is 149 Å². The summed E-state index contributed by atoms with van der Waals surface area (Å²) in [5.74, 6) is -0.605. The van der Waals surface area contributed by atoms with E-state index >= 15 is 0 Å². The van der Waals surface area contributed by atoms with Crippen LogP contribution in [0.2, 0.25) is 0 Å². The lowest BCUT2D eigenvalue weighted by Gasteiger charge is -2.23. The third kappa shape index (κ3) is 8.99. The topological polar surface area (TPSA) is 57.0 Å². The van der Waals surface area contributed by atoms with E-state index in [1.54, 1.807) is 0 Å². The van der Waals surface area contributed by atoms with Gasteiger partial charge < -0.3 is 14.4 Å². The Hall–Kier alpha value is 1.72. The van der Waals surface area contributed by atoms with E-state index in [4.69, 9.17) is 9.47 Å². The first-order chi connectivity index (χ1) is 15.0. The van der Waals surface area contributed by atoms with Gasteiger partial charge in [0, 0.05) is 21.4 Å². The first-order valence-electron chi connectivity index (χ1n) is 9.49. The molecule has 0 fully saturated rings. The summed E-state index contributed by atoms with van der Waals surface area (Å²) >= 11 is 13.2. The van der Waals surface area contributed by atoms with E-state index in [0.717, 1.165) is 21.4 Å².